The van der Waals surface area contributed by atoms with Crippen LogP contribution in [0, 0.1) is 6.92 Å². The van der Waals surface area contributed by atoms with Crippen molar-refractivity contribution in [2.24, 2.45) is 7.05 Å². The molecule has 0 fully saturated rings. The fourth-order valence-electron chi connectivity index (χ4n) is 2.71. The molecule has 3 rings (SSSR count). The number of amides is 1. The predicted molar refractivity (Wildman–Crippen MR) is 99.2 cm³/mol. The largest absolute Gasteiger partial charge is 0.378 e. The molecule has 0 spiro atoms. The average molecular weight is 343 g/mol. The van der Waals surface area contributed by atoms with Crippen LogP contribution in [-0.2, 0) is 7.05 Å². The van der Waals surface area contributed by atoms with E-state index in [1.807, 2.05) is 68.0 Å². The molecule has 0 bridgehead atoms. The monoisotopic (exact) mass is 342 g/mol. The van der Waals surface area contributed by atoms with Crippen LogP contribution in [0.4, 0.5) is 11.4 Å². The highest BCUT2D eigenvalue weighted by Gasteiger charge is 2.17. The number of pyridine rings is 1. The lowest BCUT2D eigenvalue weighted by Crippen LogP contribution is -2.13. The Kier molecular flexibility index (Phi) is 4.20. The van der Waals surface area contributed by atoms with E-state index in [1.165, 1.54) is 6.20 Å². The summed E-state index contributed by atoms with van der Waals surface area (Å²) in [4.78, 5) is 18.9. The molecule has 1 amide bonds. The van der Waals surface area contributed by atoms with Crippen molar-refractivity contribution >= 4 is 39.9 Å². The summed E-state index contributed by atoms with van der Waals surface area (Å²) in [6.45, 7) is 1.96. The highest BCUT2D eigenvalue weighted by molar-refractivity contribution is 6.39. The molecule has 0 unspecified atom stereocenters. The minimum atomic E-state index is -0.268. The summed E-state index contributed by atoms with van der Waals surface area (Å²) in [5.41, 5.74) is 3.91. The Balaban J connectivity index is 1.91. The van der Waals surface area contributed by atoms with Crippen LogP contribution in [0.3, 0.4) is 0 Å². The number of aryl methyl sites for hydroxylation is 2. The second-order valence-corrected chi connectivity index (χ2v) is 6.38. The third-order valence-electron chi connectivity index (χ3n) is 4.00. The van der Waals surface area contributed by atoms with Crippen molar-refractivity contribution in [3.63, 3.8) is 0 Å². The number of carbonyl (C=O) groups excluding carboxylic acids is 1. The zero-order chi connectivity index (χ0) is 17.4. The minimum absolute atomic E-state index is 0.268. The minimum Gasteiger partial charge on any atom is -0.378 e. The molecule has 24 heavy (non-hydrogen) atoms. The van der Waals surface area contributed by atoms with E-state index in [4.69, 9.17) is 11.6 Å². The number of anilines is 2. The first-order valence-electron chi connectivity index (χ1n) is 7.57. The van der Waals surface area contributed by atoms with Crippen LogP contribution in [0.25, 0.3) is 11.0 Å². The summed E-state index contributed by atoms with van der Waals surface area (Å²) in [6, 6.07) is 7.61. The predicted octanol–water partition coefficient (Wildman–Crippen LogP) is 3.85. The molecule has 1 N–H and O–H groups in total. The van der Waals surface area contributed by atoms with E-state index in [9.17, 15) is 4.79 Å². The first-order valence-corrected chi connectivity index (χ1v) is 7.95. The summed E-state index contributed by atoms with van der Waals surface area (Å²) in [7, 11) is 5.84. The van der Waals surface area contributed by atoms with Crippen molar-refractivity contribution < 1.29 is 4.79 Å². The SMILES string of the molecule is Cc1cn(C)c2ncc(C(=O)Nc3ccc(N(C)C)cc3)c(Cl)c12. The van der Waals surface area contributed by atoms with Gasteiger partial charge in [0.05, 0.1) is 10.6 Å². The molecule has 0 radical (unpaired) electrons. The Bertz CT molecular complexity index is 913. The van der Waals surface area contributed by atoms with Crippen molar-refractivity contribution in [2.75, 3.05) is 24.3 Å². The molecular formula is C18H19ClN4O. The van der Waals surface area contributed by atoms with Gasteiger partial charge in [-0.05, 0) is 36.8 Å². The average Bonchev–Trinajstić information content (AvgIpc) is 2.83. The van der Waals surface area contributed by atoms with Crippen LogP contribution >= 0.6 is 11.6 Å². The van der Waals surface area contributed by atoms with E-state index in [2.05, 4.69) is 10.3 Å². The van der Waals surface area contributed by atoms with Crippen molar-refractivity contribution in [2.45, 2.75) is 6.92 Å². The summed E-state index contributed by atoms with van der Waals surface area (Å²) in [6.07, 6.45) is 3.47. The van der Waals surface area contributed by atoms with Crippen LogP contribution in [0.1, 0.15) is 15.9 Å². The molecule has 3 aromatic rings. The van der Waals surface area contributed by atoms with Gasteiger partial charge in [-0.1, -0.05) is 11.6 Å². The van der Waals surface area contributed by atoms with Gasteiger partial charge in [-0.25, -0.2) is 4.98 Å². The highest BCUT2D eigenvalue weighted by Crippen LogP contribution is 2.30. The first kappa shape index (κ1) is 16.3. The molecule has 0 saturated carbocycles. The maximum Gasteiger partial charge on any atom is 0.258 e. The summed E-state index contributed by atoms with van der Waals surface area (Å²) < 4.78 is 1.90. The zero-order valence-corrected chi connectivity index (χ0v) is 14.8. The molecule has 6 heteroatoms. The molecule has 1 aromatic carbocycles. The third-order valence-corrected chi connectivity index (χ3v) is 4.39. The van der Waals surface area contributed by atoms with Gasteiger partial charge < -0.3 is 14.8 Å². The topological polar surface area (TPSA) is 50.2 Å². The normalized spacial score (nSPS) is 10.9. The second-order valence-electron chi connectivity index (χ2n) is 6.00. The molecule has 0 atom stereocenters. The van der Waals surface area contributed by atoms with Crippen molar-refractivity contribution in [1.82, 2.24) is 9.55 Å². The lowest BCUT2D eigenvalue weighted by molar-refractivity contribution is 0.102. The number of rotatable bonds is 3. The molecule has 2 heterocycles. The fraction of sp³-hybridized carbons (Fsp3) is 0.222. The quantitative estimate of drug-likeness (QED) is 0.786. The van der Waals surface area contributed by atoms with Gasteiger partial charge in [0.15, 0.2) is 0 Å². The van der Waals surface area contributed by atoms with Crippen LogP contribution in [-0.4, -0.2) is 29.6 Å². The molecule has 0 aliphatic carbocycles. The maximum absolute atomic E-state index is 12.6. The van der Waals surface area contributed by atoms with Crippen molar-refractivity contribution in [3.8, 4) is 0 Å². The summed E-state index contributed by atoms with van der Waals surface area (Å²) in [5.74, 6) is -0.268. The molecule has 2 aromatic heterocycles. The number of hydrogen-bond donors (Lipinski definition) is 1. The Labute approximate surface area is 145 Å². The number of aromatic nitrogens is 2. The van der Waals surface area contributed by atoms with Gasteiger partial charge in [-0.2, -0.15) is 0 Å². The second kappa shape index (κ2) is 6.17. The van der Waals surface area contributed by atoms with Crippen molar-refractivity contribution in [3.05, 3.63) is 52.8 Å². The number of hydrogen-bond acceptors (Lipinski definition) is 3. The van der Waals surface area contributed by atoms with Crippen LogP contribution in [0.5, 0.6) is 0 Å². The van der Waals surface area contributed by atoms with E-state index in [0.717, 1.165) is 22.3 Å². The van der Waals surface area contributed by atoms with E-state index in [0.29, 0.717) is 16.3 Å². The maximum atomic E-state index is 12.6. The van der Waals surface area contributed by atoms with Gasteiger partial charge in [0.1, 0.15) is 5.65 Å². The van der Waals surface area contributed by atoms with Crippen LogP contribution in [0.15, 0.2) is 36.7 Å². The Hall–Kier alpha value is -2.53. The Morgan fingerprint density at radius 3 is 2.54 bits per heavy atom. The van der Waals surface area contributed by atoms with E-state index in [1.54, 1.807) is 0 Å². The number of fused-ring (bicyclic) bond motifs is 1. The van der Waals surface area contributed by atoms with Crippen LogP contribution < -0.4 is 10.2 Å². The summed E-state index contributed by atoms with van der Waals surface area (Å²) >= 11 is 6.47. The zero-order valence-electron chi connectivity index (χ0n) is 14.1. The number of halogens is 1. The number of nitrogens with zero attached hydrogens (tertiary/aromatic N) is 3. The Morgan fingerprint density at radius 1 is 1.25 bits per heavy atom. The van der Waals surface area contributed by atoms with Gasteiger partial charge in [-0.15, -0.1) is 0 Å². The van der Waals surface area contributed by atoms with E-state index in [-0.39, 0.29) is 5.91 Å². The number of carbonyl (C=O) groups is 1. The summed E-state index contributed by atoms with van der Waals surface area (Å²) in [5, 5.41) is 4.11. The molecule has 0 saturated heterocycles. The smallest absolute Gasteiger partial charge is 0.258 e. The van der Waals surface area contributed by atoms with Crippen molar-refractivity contribution in [1.29, 1.82) is 0 Å². The van der Waals surface area contributed by atoms with Crippen LogP contribution in [0.2, 0.25) is 5.02 Å². The molecule has 0 aliphatic rings. The molecule has 5 nitrogen and oxygen atoms in total. The number of benzene rings is 1. The van der Waals surface area contributed by atoms with Gasteiger partial charge >= 0.3 is 0 Å². The van der Waals surface area contributed by atoms with E-state index < -0.39 is 0 Å². The lowest BCUT2D eigenvalue weighted by Gasteiger charge is -2.13. The van der Waals surface area contributed by atoms with Gasteiger partial charge in [0, 0.05) is 50.3 Å². The molecular weight excluding hydrogens is 324 g/mol. The Morgan fingerprint density at radius 2 is 1.92 bits per heavy atom. The molecule has 124 valence electrons. The highest BCUT2D eigenvalue weighted by atomic mass is 35.5. The lowest BCUT2D eigenvalue weighted by atomic mass is 10.1. The van der Waals surface area contributed by atoms with Gasteiger partial charge in [-0.3, -0.25) is 4.79 Å². The molecule has 0 aliphatic heterocycles. The van der Waals surface area contributed by atoms with E-state index >= 15 is 0 Å². The number of nitrogens with one attached hydrogen (secondary N) is 1. The fourth-order valence-corrected chi connectivity index (χ4v) is 3.08. The first-order chi connectivity index (χ1) is 11.4. The third kappa shape index (κ3) is 2.83. The van der Waals surface area contributed by atoms with Gasteiger partial charge in [0.25, 0.3) is 5.91 Å². The van der Waals surface area contributed by atoms with Gasteiger partial charge in [0.2, 0.25) is 0 Å². The standard InChI is InChI=1S/C18H19ClN4O/c1-11-10-23(4)17-15(11)16(19)14(9-20-17)18(24)21-12-5-7-13(8-6-12)22(2)3/h5-10H,1-4H3,(H,21,24).